The summed E-state index contributed by atoms with van der Waals surface area (Å²) in [5, 5.41) is -0.281. The molecule has 2 aromatic carbocycles. The van der Waals surface area contributed by atoms with Crippen LogP contribution in [0.1, 0.15) is 41.3 Å². The Morgan fingerprint density at radius 2 is 1.63 bits per heavy atom. The predicted molar refractivity (Wildman–Crippen MR) is 96.4 cm³/mol. The third kappa shape index (κ3) is 4.45. The molecule has 0 bridgehead atoms. The van der Waals surface area contributed by atoms with Crippen LogP contribution in [0.3, 0.4) is 0 Å². The molecule has 0 saturated carbocycles. The van der Waals surface area contributed by atoms with E-state index in [9.17, 15) is 18.4 Å². The fraction of sp³-hybridized carbons (Fsp3) is 0.300. The van der Waals surface area contributed by atoms with Crippen LogP contribution in [-0.2, 0) is 9.53 Å². The Labute approximate surface area is 160 Å². The van der Waals surface area contributed by atoms with Gasteiger partial charge in [-0.2, -0.15) is 0 Å². The summed E-state index contributed by atoms with van der Waals surface area (Å²) in [5.41, 5.74) is 0.170. The van der Waals surface area contributed by atoms with E-state index >= 15 is 0 Å². The van der Waals surface area contributed by atoms with E-state index in [4.69, 9.17) is 16.3 Å². The quantitative estimate of drug-likeness (QED) is 0.566. The first-order valence-electron chi connectivity index (χ1n) is 8.66. The number of halogens is 3. The van der Waals surface area contributed by atoms with E-state index in [-0.39, 0.29) is 16.5 Å². The number of amides is 1. The Balaban J connectivity index is 1.88. The number of hydrogen-bond donors (Lipinski definition) is 0. The van der Waals surface area contributed by atoms with Gasteiger partial charge >= 0.3 is 5.97 Å². The summed E-state index contributed by atoms with van der Waals surface area (Å²) in [6, 6.07) is 9.96. The summed E-state index contributed by atoms with van der Waals surface area (Å²) in [6.07, 6.45) is 1.64. The van der Waals surface area contributed by atoms with Gasteiger partial charge in [-0.05, 0) is 31.4 Å². The van der Waals surface area contributed by atoms with Crippen LogP contribution >= 0.6 is 11.6 Å². The zero-order valence-corrected chi connectivity index (χ0v) is 15.2. The lowest BCUT2D eigenvalue weighted by Crippen LogP contribution is -2.40. The molecule has 0 N–H and O–H groups in total. The zero-order valence-electron chi connectivity index (χ0n) is 14.5. The van der Waals surface area contributed by atoms with Gasteiger partial charge in [0, 0.05) is 18.7 Å². The van der Waals surface area contributed by atoms with Gasteiger partial charge in [-0.15, -0.1) is 0 Å². The molecule has 1 amide bonds. The van der Waals surface area contributed by atoms with E-state index in [0.717, 1.165) is 19.3 Å². The van der Waals surface area contributed by atoms with Crippen molar-refractivity contribution in [1.82, 2.24) is 4.90 Å². The summed E-state index contributed by atoms with van der Waals surface area (Å²) in [4.78, 5) is 27.1. The molecule has 7 heteroatoms. The van der Waals surface area contributed by atoms with Gasteiger partial charge in [0.1, 0.15) is 0 Å². The summed E-state index contributed by atoms with van der Waals surface area (Å²) in [5.74, 6) is -3.71. The summed E-state index contributed by atoms with van der Waals surface area (Å²) < 4.78 is 32.2. The van der Waals surface area contributed by atoms with Gasteiger partial charge in [0.25, 0.3) is 5.91 Å². The molecule has 1 fully saturated rings. The molecular formula is C20H18ClF2NO3. The highest BCUT2D eigenvalue weighted by Gasteiger charge is 2.31. The van der Waals surface area contributed by atoms with Crippen molar-refractivity contribution < 1.29 is 23.1 Å². The lowest BCUT2D eigenvalue weighted by Gasteiger charge is -2.30. The summed E-state index contributed by atoms with van der Waals surface area (Å²) in [7, 11) is 0. The molecule has 1 atom stereocenters. The topological polar surface area (TPSA) is 46.6 Å². The Morgan fingerprint density at radius 3 is 2.30 bits per heavy atom. The van der Waals surface area contributed by atoms with Crippen LogP contribution in [0.2, 0.25) is 5.02 Å². The number of hydrogen-bond acceptors (Lipinski definition) is 3. The highest BCUT2D eigenvalue weighted by atomic mass is 35.5. The molecule has 4 nitrogen and oxygen atoms in total. The van der Waals surface area contributed by atoms with E-state index in [1.165, 1.54) is 0 Å². The second-order valence-electron chi connectivity index (χ2n) is 6.33. The summed E-state index contributed by atoms with van der Waals surface area (Å²) >= 11 is 5.85. The smallest absolute Gasteiger partial charge is 0.340 e. The van der Waals surface area contributed by atoms with Gasteiger partial charge in [-0.3, -0.25) is 4.79 Å². The SMILES string of the molecule is O=C(O[C@H](C(=O)N1CCCCC1)c1ccccc1)c1cc(F)c(F)cc1Cl. The molecule has 1 aliphatic heterocycles. The van der Waals surface area contributed by atoms with Gasteiger partial charge in [0.15, 0.2) is 11.6 Å². The minimum atomic E-state index is -1.22. The van der Waals surface area contributed by atoms with Crippen LogP contribution in [0.4, 0.5) is 8.78 Å². The standard InChI is InChI=1S/C20H18ClF2NO3/c21-15-12-17(23)16(22)11-14(15)20(26)27-18(13-7-3-1-4-8-13)19(25)24-9-5-2-6-10-24/h1,3-4,7-8,11-12,18H,2,5-6,9-10H2/t18-/m0/s1. The molecule has 0 spiro atoms. The lowest BCUT2D eigenvalue weighted by molar-refractivity contribution is -0.142. The summed E-state index contributed by atoms with van der Waals surface area (Å²) in [6.45, 7) is 1.18. The molecule has 0 radical (unpaired) electrons. The molecule has 0 aliphatic carbocycles. The van der Waals surface area contributed by atoms with Crippen LogP contribution in [0.25, 0.3) is 0 Å². The highest BCUT2D eigenvalue weighted by Crippen LogP contribution is 2.27. The number of benzene rings is 2. The maximum absolute atomic E-state index is 13.5. The molecule has 0 unspecified atom stereocenters. The highest BCUT2D eigenvalue weighted by molar-refractivity contribution is 6.33. The number of nitrogens with zero attached hydrogens (tertiary/aromatic N) is 1. The van der Waals surface area contributed by atoms with Crippen molar-refractivity contribution in [2.75, 3.05) is 13.1 Å². The van der Waals surface area contributed by atoms with Gasteiger partial charge in [-0.1, -0.05) is 41.9 Å². The number of carbonyl (C=O) groups excluding carboxylic acids is 2. The van der Waals surface area contributed by atoms with Crippen molar-refractivity contribution in [1.29, 1.82) is 0 Å². The number of likely N-dealkylation sites (tertiary alicyclic amines) is 1. The third-order valence-corrected chi connectivity index (χ3v) is 4.76. The zero-order chi connectivity index (χ0) is 19.4. The third-order valence-electron chi connectivity index (χ3n) is 4.45. The number of ether oxygens (including phenoxy) is 1. The van der Waals surface area contributed by atoms with Crippen LogP contribution in [-0.4, -0.2) is 29.9 Å². The van der Waals surface area contributed by atoms with E-state index in [1.54, 1.807) is 35.2 Å². The second-order valence-corrected chi connectivity index (χ2v) is 6.74. The maximum atomic E-state index is 13.5. The maximum Gasteiger partial charge on any atom is 0.340 e. The van der Waals surface area contributed by atoms with Crippen molar-refractivity contribution in [2.45, 2.75) is 25.4 Å². The van der Waals surface area contributed by atoms with Crippen LogP contribution in [0.15, 0.2) is 42.5 Å². The fourth-order valence-electron chi connectivity index (χ4n) is 3.02. The van der Waals surface area contributed by atoms with Crippen molar-refractivity contribution >= 4 is 23.5 Å². The van der Waals surface area contributed by atoms with Crippen molar-refractivity contribution in [2.24, 2.45) is 0 Å². The minimum absolute atomic E-state index is 0.281. The van der Waals surface area contributed by atoms with E-state index < -0.39 is 23.7 Å². The second kappa shape index (κ2) is 8.48. The molecule has 3 rings (SSSR count). The molecule has 1 heterocycles. The Kier molecular flexibility index (Phi) is 6.06. The van der Waals surface area contributed by atoms with E-state index in [0.29, 0.717) is 30.8 Å². The first kappa shape index (κ1) is 19.3. The Hall–Kier alpha value is -2.47. The fourth-order valence-corrected chi connectivity index (χ4v) is 3.25. The van der Waals surface area contributed by atoms with E-state index in [2.05, 4.69) is 0 Å². The van der Waals surface area contributed by atoms with Crippen molar-refractivity contribution in [3.05, 3.63) is 70.2 Å². The van der Waals surface area contributed by atoms with Gasteiger partial charge < -0.3 is 9.64 Å². The number of esters is 1. The molecular weight excluding hydrogens is 376 g/mol. The van der Waals surface area contributed by atoms with Gasteiger partial charge in [0.2, 0.25) is 6.10 Å². The van der Waals surface area contributed by atoms with Crippen molar-refractivity contribution in [3.8, 4) is 0 Å². The molecule has 142 valence electrons. The molecule has 1 saturated heterocycles. The predicted octanol–water partition coefficient (Wildman–Crippen LogP) is 4.53. The van der Waals surface area contributed by atoms with Gasteiger partial charge in [-0.25, -0.2) is 13.6 Å². The molecule has 0 aromatic heterocycles. The minimum Gasteiger partial charge on any atom is -0.444 e. The lowest BCUT2D eigenvalue weighted by atomic mass is 10.1. The van der Waals surface area contributed by atoms with E-state index in [1.807, 2.05) is 0 Å². The first-order chi connectivity index (χ1) is 13.0. The van der Waals surface area contributed by atoms with Crippen LogP contribution < -0.4 is 0 Å². The van der Waals surface area contributed by atoms with Crippen LogP contribution in [0, 0.1) is 11.6 Å². The number of carbonyl (C=O) groups is 2. The first-order valence-corrected chi connectivity index (χ1v) is 9.04. The van der Waals surface area contributed by atoms with Crippen LogP contribution in [0.5, 0.6) is 0 Å². The Morgan fingerprint density at radius 1 is 1.00 bits per heavy atom. The number of rotatable bonds is 4. The number of piperidine rings is 1. The van der Waals surface area contributed by atoms with Gasteiger partial charge in [0.05, 0.1) is 10.6 Å². The average molecular weight is 394 g/mol. The van der Waals surface area contributed by atoms with Crippen molar-refractivity contribution in [3.63, 3.8) is 0 Å². The molecule has 27 heavy (non-hydrogen) atoms. The largest absolute Gasteiger partial charge is 0.444 e. The molecule has 2 aromatic rings. The molecule has 1 aliphatic rings. The average Bonchev–Trinajstić information content (AvgIpc) is 2.69. The monoisotopic (exact) mass is 393 g/mol. The normalized spacial score (nSPS) is 15.3. The Bertz CT molecular complexity index is 839.